The molecule has 1 aliphatic rings. The number of pyridine rings is 1. The van der Waals surface area contributed by atoms with E-state index in [-0.39, 0.29) is 6.10 Å². The van der Waals surface area contributed by atoms with Crippen molar-refractivity contribution in [1.82, 2.24) is 19.7 Å². The number of hydrogen-bond donors (Lipinski definition) is 0. The number of rotatable bonds is 2. The quantitative estimate of drug-likeness (QED) is 0.802. The molecule has 0 N–H and O–H groups in total. The molecule has 18 heavy (non-hydrogen) atoms. The predicted octanol–water partition coefficient (Wildman–Crippen LogP) is 1.36. The van der Waals surface area contributed by atoms with Crippen molar-refractivity contribution in [3.05, 3.63) is 24.0 Å². The number of fused-ring (bicyclic) bond motifs is 1. The number of aryl methyl sites for hydroxylation is 1. The Hall–Kier alpha value is -1.46. The first-order valence-corrected chi connectivity index (χ1v) is 6.41. The second-order valence-electron chi connectivity index (χ2n) is 4.64. The average molecular weight is 246 g/mol. The Morgan fingerprint density at radius 2 is 2.39 bits per heavy atom. The SMILES string of the molecule is CCN1CCO[C@H](c2nn(C)c3ncccc23)C1. The van der Waals surface area contributed by atoms with Gasteiger partial charge in [0.15, 0.2) is 5.65 Å². The lowest BCUT2D eigenvalue weighted by molar-refractivity contribution is -0.0298. The maximum absolute atomic E-state index is 5.87. The molecular weight excluding hydrogens is 228 g/mol. The lowest BCUT2D eigenvalue weighted by Gasteiger charge is -2.31. The Balaban J connectivity index is 1.98. The molecule has 1 aliphatic heterocycles. The Labute approximate surface area is 106 Å². The minimum Gasteiger partial charge on any atom is -0.369 e. The van der Waals surface area contributed by atoms with Crippen molar-refractivity contribution in [2.75, 3.05) is 26.2 Å². The van der Waals surface area contributed by atoms with Gasteiger partial charge in [0, 0.05) is 31.7 Å². The van der Waals surface area contributed by atoms with Crippen molar-refractivity contribution in [3.8, 4) is 0 Å². The monoisotopic (exact) mass is 246 g/mol. The van der Waals surface area contributed by atoms with Crippen LogP contribution < -0.4 is 0 Å². The highest BCUT2D eigenvalue weighted by Crippen LogP contribution is 2.27. The molecule has 3 rings (SSSR count). The van der Waals surface area contributed by atoms with E-state index in [9.17, 15) is 0 Å². The van der Waals surface area contributed by atoms with Gasteiger partial charge in [-0.15, -0.1) is 0 Å². The third kappa shape index (κ3) is 1.89. The van der Waals surface area contributed by atoms with Crippen LogP contribution in [0.5, 0.6) is 0 Å². The molecule has 1 saturated heterocycles. The maximum Gasteiger partial charge on any atom is 0.157 e. The van der Waals surface area contributed by atoms with Crippen molar-refractivity contribution in [2.24, 2.45) is 7.05 Å². The fourth-order valence-corrected chi connectivity index (χ4v) is 2.51. The second kappa shape index (κ2) is 4.66. The van der Waals surface area contributed by atoms with Crippen LogP contribution in [0.1, 0.15) is 18.7 Å². The lowest BCUT2D eigenvalue weighted by Crippen LogP contribution is -2.38. The van der Waals surface area contributed by atoms with E-state index in [1.807, 2.05) is 17.8 Å². The zero-order valence-electron chi connectivity index (χ0n) is 10.8. The molecule has 0 spiro atoms. The third-order valence-electron chi connectivity index (χ3n) is 3.53. The number of hydrogen-bond acceptors (Lipinski definition) is 4. The van der Waals surface area contributed by atoms with Crippen LogP contribution >= 0.6 is 0 Å². The minimum absolute atomic E-state index is 0.0617. The first-order chi connectivity index (χ1) is 8.79. The summed E-state index contributed by atoms with van der Waals surface area (Å²) >= 11 is 0. The zero-order chi connectivity index (χ0) is 12.5. The summed E-state index contributed by atoms with van der Waals surface area (Å²) in [4.78, 5) is 6.76. The van der Waals surface area contributed by atoms with Crippen molar-refractivity contribution >= 4 is 11.0 Å². The summed E-state index contributed by atoms with van der Waals surface area (Å²) in [6, 6.07) is 4.02. The molecule has 3 heterocycles. The van der Waals surface area contributed by atoms with Gasteiger partial charge < -0.3 is 4.74 Å². The summed E-state index contributed by atoms with van der Waals surface area (Å²) in [5.74, 6) is 0. The summed E-state index contributed by atoms with van der Waals surface area (Å²) in [6.45, 7) is 5.94. The largest absolute Gasteiger partial charge is 0.369 e. The number of aromatic nitrogens is 3. The normalized spacial score (nSPS) is 21.6. The lowest BCUT2D eigenvalue weighted by atomic mass is 10.1. The van der Waals surface area contributed by atoms with Gasteiger partial charge in [-0.25, -0.2) is 4.98 Å². The Bertz CT molecular complexity index is 551. The van der Waals surface area contributed by atoms with Crippen molar-refractivity contribution in [3.63, 3.8) is 0 Å². The smallest absolute Gasteiger partial charge is 0.157 e. The molecule has 5 heteroatoms. The van der Waals surface area contributed by atoms with E-state index in [4.69, 9.17) is 4.74 Å². The van der Waals surface area contributed by atoms with Gasteiger partial charge in [0.1, 0.15) is 11.8 Å². The average Bonchev–Trinajstić information content (AvgIpc) is 2.77. The molecular formula is C13H18N4O. The van der Waals surface area contributed by atoms with Gasteiger partial charge in [-0.3, -0.25) is 9.58 Å². The van der Waals surface area contributed by atoms with Crippen LogP contribution in [0.3, 0.4) is 0 Å². The van der Waals surface area contributed by atoms with Crippen LogP contribution in [-0.2, 0) is 11.8 Å². The van der Waals surface area contributed by atoms with Crippen LogP contribution in [0.25, 0.3) is 11.0 Å². The van der Waals surface area contributed by atoms with Crippen LogP contribution in [0, 0.1) is 0 Å². The number of nitrogens with zero attached hydrogens (tertiary/aromatic N) is 4. The highest BCUT2D eigenvalue weighted by Gasteiger charge is 2.25. The van der Waals surface area contributed by atoms with Crippen molar-refractivity contribution in [2.45, 2.75) is 13.0 Å². The fraction of sp³-hybridized carbons (Fsp3) is 0.538. The summed E-state index contributed by atoms with van der Waals surface area (Å²) in [5, 5.41) is 5.68. The first kappa shape index (κ1) is 11.6. The minimum atomic E-state index is 0.0617. The molecule has 5 nitrogen and oxygen atoms in total. The molecule has 96 valence electrons. The first-order valence-electron chi connectivity index (χ1n) is 6.41. The Kier molecular flexibility index (Phi) is 3.01. The molecule has 0 aromatic carbocycles. The van der Waals surface area contributed by atoms with Gasteiger partial charge in [-0.05, 0) is 18.7 Å². The van der Waals surface area contributed by atoms with E-state index in [1.54, 1.807) is 6.20 Å². The molecule has 1 fully saturated rings. The van der Waals surface area contributed by atoms with Crippen molar-refractivity contribution in [1.29, 1.82) is 0 Å². The highest BCUT2D eigenvalue weighted by molar-refractivity contribution is 5.78. The number of ether oxygens (including phenoxy) is 1. The predicted molar refractivity (Wildman–Crippen MR) is 69.3 cm³/mol. The van der Waals surface area contributed by atoms with Crippen LogP contribution in [-0.4, -0.2) is 45.9 Å². The van der Waals surface area contributed by atoms with E-state index in [2.05, 4.69) is 28.0 Å². The zero-order valence-corrected chi connectivity index (χ0v) is 10.8. The van der Waals surface area contributed by atoms with Gasteiger partial charge in [0.2, 0.25) is 0 Å². The van der Waals surface area contributed by atoms with Crippen molar-refractivity contribution < 1.29 is 4.74 Å². The van der Waals surface area contributed by atoms with Crippen LogP contribution in [0.15, 0.2) is 18.3 Å². The molecule has 0 bridgehead atoms. The van der Waals surface area contributed by atoms with E-state index in [1.165, 1.54) is 0 Å². The van der Waals surface area contributed by atoms with E-state index < -0.39 is 0 Å². The van der Waals surface area contributed by atoms with E-state index >= 15 is 0 Å². The Morgan fingerprint density at radius 3 is 3.22 bits per heavy atom. The van der Waals surface area contributed by atoms with E-state index in [0.29, 0.717) is 0 Å². The molecule has 0 unspecified atom stereocenters. The van der Waals surface area contributed by atoms with Gasteiger partial charge in [0.05, 0.1) is 6.61 Å². The third-order valence-corrected chi connectivity index (χ3v) is 3.53. The molecule has 1 atom stereocenters. The molecule has 0 saturated carbocycles. The van der Waals surface area contributed by atoms with Crippen LogP contribution in [0.4, 0.5) is 0 Å². The van der Waals surface area contributed by atoms with Gasteiger partial charge in [-0.1, -0.05) is 6.92 Å². The topological polar surface area (TPSA) is 43.2 Å². The summed E-state index contributed by atoms with van der Waals surface area (Å²) in [7, 11) is 1.93. The van der Waals surface area contributed by atoms with Gasteiger partial charge >= 0.3 is 0 Å². The van der Waals surface area contributed by atoms with Crippen LogP contribution in [0.2, 0.25) is 0 Å². The number of likely N-dealkylation sites (N-methyl/N-ethyl adjacent to an activating group) is 1. The molecule has 2 aromatic heterocycles. The number of morpholine rings is 1. The summed E-state index contributed by atoms with van der Waals surface area (Å²) in [6.07, 6.45) is 1.86. The van der Waals surface area contributed by atoms with Gasteiger partial charge in [0.25, 0.3) is 0 Å². The van der Waals surface area contributed by atoms with E-state index in [0.717, 1.165) is 43.0 Å². The molecule has 0 aliphatic carbocycles. The maximum atomic E-state index is 5.87. The Morgan fingerprint density at radius 1 is 1.50 bits per heavy atom. The fourth-order valence-electron chi connectivity index (χ4n) is 2.51. The molecule has 2 aromatic rings. The summed E-state index contributed by atoms with van der Waals surface area (Å²) < 4.78 is 7.70. The summed E-state index contributed by atoms with van der Waals surface area (Å²) in [5.41, 5.74) is 1.93. The second-order valence-corrected chi connectivity index (χ2v) is 4.64. The molecule has 0 radical (unpaired) electrons. The highest BCUT2D eigenvalue weighted by atomic mass is 16.5. The standard InChI is InChI=1S/C13H18N4O/c1-3-17-7-8-18-11(9-17)12-10-5-4-6-14-13(10)16(2)15-12/h4-6,11H,3,7-9H2,1-2H3/t11-/m0/s1. The molecule has 0 amide bonds. The van der Waals surface area contributed by atoms with Gasteiger partial charge in [-0.2, -0.15) is 5.10 Å².